The van der Waals surface area contributed by atoms with Crippen LogP contribution in [0.1, 0.15) is 38.6 Å². The second-order valence-corrected chi connectivity index (χ2v) is 5.74. The van der Waals surface area contributed by atoms with Crippen molar-refractivity contribution in [1.82, 2.24) is 9.55 Å². The maximum Gasteiger partial charge on any atom is 0.308 e. The van der Waals surface area contributed by atoms with Crippen LogP contribution in [0.5, 0.6) is 0 Å². The molecule has 1 aromatic heterocycles. The smallest absolute Gasteiger partial charge is 0.308 e. The molecule has 4 heteroatoms. The zero-order valence-corrected chi connectivity index (χ0v) is 11.7. The van der Waals surface area contributed by atoms with Crippen molar-refractivity contribution in [3.8, 4) is 0 Å². The highest BCUT2D eigenvalue weighted by Gasteiger charge is 2.36. The molecule has 0 radical (unpaired) electrons. The van der Waals surface area contributed by atoms with E-state index in [0.717, 1.165) is 36.7 Å². The molecule has 1 aromatic carbocycles. The summed E-state index contributed by atoms with van der Waals surface area (Å²) >= 11 is 0. The molecule has 1 saturated carbocycles. The molecule has 3 atom stereocenters. The summed E-state index contributed by atoms with van der Waals surface area (Å²) in [6, 6.07) is 7.97. The van der Waals surface area contributed by atoms with Crippen LogP contribution in [0.2, 0.25) is 0 Å². The Balaban J connectivity index is 2.01. The molecule has 0 spiro atoms. The summed E-state index contributed by atoms with van der Waals surface area (Å²) in [6.07, 6.45) is 5.66. The van der Waals surface area contributed by atoms with Crippen LogP contribution in [0.3, 0.4) is 0 Å². The van der Waals surface area contributed by atoms with Crippen molar-refractivity contribution in [3.63, 3.8) is 0 Å². The van der Waals surface area contributed by atoms with Gasteiger partial charge in [0.2, 0.25) is 0 Å². The summed E-state index contributed by atoms with van der Waals surface area (Å²) in [5, 5.41) is 9.50. The largest absolute Gasteiger partial charge is 0.481 e. The van der Waals surface area contributed by atoms with Gasteiger partial charge in [-0.3, -0.25) is 4.79 Å². The van der Waals surface area contributed by atoms with Gasteiger partial charge in [-0.15, -0.1) is 0 Å². The molecule has 106 valence electrons. The lowest BCUT2D eigenvalue weighted by atomic mass is 9.77. The topological polar surface area (TPSA) is 55.1 Å². The molecule has 0 aliphatic heterocycles. The molecule has 1 aliphatic rings. The predicted molar refractivity (Wildman–Crippen MR) is 77.5 cm³/mol. The van der Waals surface area contributed by atoms with Crippen LogP contribution < -0.4 is 0 Å². The third-order valence-corrected chi connectivity index (χ3v) is 4.66. The zero-order chi connectivity index (χ0) is 14.1. The fourth-order valence-corrected chi connectivity index (χ4v) is 3.44. The SMILES string of the molecule is CCC1CCC(C(=O)O)C(n2cnc3ccccc32)C1. The van der Waals surface area contributed by atoms with Crippen molar-refractivity contribution in [1.29, 1.82) is 0 Å². The average Bonchev–Trinajstić information content (AvgIpc) is 2.90. The molecule has 0 bridgehead atoms. The first-order chi connectivity index (χ1) is 9.70. The number of benzene rings is 1. The van der Waals surface area contributed by atoms with Crippen molar-refractivity contribution in [2.45, 2.75) is 38.6 Å². The molecule has 3 rings (SSSR count). The molecule has 3 unspecified atom stereocenters. The van der Waals surface area contributed by atoms with Crippen LogP contribution in [-0.2, 0) is 4.79 Å². The molecule has 4 nitrogen and oxygen atoms in total. The first-order valence-electron chi connectivity index (χ1n) is 7.35. The van der Waals surface area contributed by atoms with Gasteiger partial charge in [0.25, 0.3) is 0 Å². The number of carboxylic acid groups (broad SMARTS) is 1. The summed E-state index contributed by atoms with van der Waals surface area (Å²) in [4.78, 5) is 16.0. The zero-order valence-electron chi connectivity index (χ0n) is 11.7. The van der Waals surface area contributed by atoms with Crippen molar-refractivity contribution in [3.05, 3.63) is 30.6 Å². The first-order valence-corrected chi connectivity index (χ1v) is 7.35. The Morgan fingerprint density at radius 2 is 2.20 bits per heavy atom. The minimum absolute atomic E-state index is 0.0265. The van der Waals surface area contributed by atoms with E-state index >= 15 is 0 Å². The molecular weight excluding hydrogens is 252 g/mol. The van der Waals surface area contributed by atoms with Crippen LogP contribution in [-0.4, -0.2) is 20.6 Å². The highest BCUT2D eigenvalue weighted by Crippen LogP contribution is 2.40. The molecule has 1 heterocycles. The van der Waals surface area contributed by atoms with Crippen molar-refractivity contribution < 1.29 is 9.90 Å². The molecular formula is C16H20N2O2. The third-order valence-electron chi connectivity index (χ3n) is 4.66. The fourth-order valence-electron chi connectivity index (χ4n) is 3.44. The van der Waals surface area contributed by atoms with Gasteiger partial charge in [0.05, 0.1) is 23.3 Å². The minimum atomic E-state index is -0.678. The molecule has 20 heavy (non-hydrogen) atoms. The van der Waals surface area contributed by atoms with Crippen molar-refractivity contribution in [2.24, 2.45) is 11.8 Å². The number of rotatable bonds is 3. The molecule has 1 N–H and O–H groups in total. The molecule has 1 fully saturated rings. The Bertz CT molecular complexity index is 620. The average molecular weight is 272 g/mol. The lowest BCUT2D eigenvalue weighted by molar-refractivity contribution is -0.144. The van der Waals surface area contributed by atoms with Crippen molar-refractivity contribution in [2.75, 3.05) is 0 Å². The third kappa shape index (κ3) is 2.19. The number of nitrogens with zero attached hydrogens (tertiary/aromatic N) is 2. The lowest BCUT2D eigenvalue weighted by Gasteiger charge is -2.34. The van der Waals surface area contributed by atoms with E-state index in [1.807, 2.05) is 30.6 Å². The number of para-hydroxylation sites is 2. The van der Waals surface area contributed by atoms with E-state index < -0.39 is 5.97 Å². The Labute approximate surface area is 118 Å². The number of hydrogen-bond acceptors (Lipinski definition) is 2. The van der Waals surface area contributed by atoms with E-state index in [-0.39, 0.29) is 12.0 Å². The van der Waals surface area contributed by atoms with Gasteiger partial charge in [0.1, 0.15) is 0 Å². The maximum absolute atomic E-state index is 11.6. The number of imidazole rings is 1. The Morgan fingerprint density at radius 1 is 1.40 bits per heavy atom. The number of fused-ring (bicyclic) bond motifs is 1. The fraction of sp³-hybridized carbons (Fsp3) is 0.500. The molecule has 0 amide bonds. The standard InChI is InChI=1S/C16H20N2O2/c1-2-11-7-8-12(16(19)20)15(9-11)18-10-17-13-5-3-4-6-14(13)18/h3-6,10-12,15H,2,7-9H2,1H3,(H,19,20). The van der Waals surface area contributed by atoms with Gasteiger partial charge >= 0.3 is 5.97 Å². The van der Waals surface area contributed by atoms with Crippen LogP contribution >= 0.6 is 0 Å². The number of aliphatic carboxylic acids is 1. The maximum atomic E-state index is 11.6. The van der Waals surface area contributed by atoms with E-state index in [0.29, 0.717) is 5.92 Å². The first kappa shape index (κ1) is 13.2. The van der Waals surface area contributed by atoms with Gasteiger partial charge in [-0.05, 0) is 37.3 Å². The molecule has 2 aromatic rings. The van der Waals surface area contributed by atoms with Crippen LogP contribution in [0.4, 0.5) is 0 Å². The van der Waals surface area contributed by atoms with Crippen LogP contribution in [0.25, 0.3) is 11.0 Å². The van der Waals surface area contributed by atoms with Gasteiger partial charge in [-0.25, -0.2) is 4.98 Å². The van der Waals surface area contributed by atoms with Crippen LogP contribution in [0.15, 0.2) is 30.6 Å². The summed E-state index contributed by atoms with van der Waals surface area (Å²) < 4.78 is 2.08. The Kier molecular flexibility index (Phi) is 3.47. The monoisotopic (exact) mass is 272 g/mol. The Morgan fingerprint density at radius 3 is 2.95 bits per heavy atom. The normalized spacial score (nSPS) is 26.8. The van der Waals surface area contributed by atoms with E-state index in [1.54, 1.807) is 0 Å². The summed E-state index contributed by atoms with van der Waals surface area (Å²) in [5.41, 5.74) is 1.98. The minimum Gasteiger partial charge on any atom is -0.481 e. The van der Waals surface area contributed by atoms with E-state index in [2.05, 4.69) is 16.5 Å². The number of aromatic nitrogens is 2. The van der Waals surface area contributed by atoms with Crippen LogP contribution in [0, 0.1) is 11.8 Å². The van der Waals surface area contributed by atoms with E-state index in [4.69, 9.17) is 0 Å². The van der Waals surface area contributed by atoms with Gasteiger partial charge in [-0.1, -0.05) is 25.5 Å². The van der Waals surface area contributed by atoms with E-state index in [1.165, 1.54) is 0 Å². The molecule has 1 aliphatic carbocycles. The number of carboxylic acids is 1. The predicted octanol–water partition coefficient (Wildman–Crippen LogP) is 3.49. The molecule has 0 saturated heterocycles. The highest BCUT2D eigenvalue weighted by atomic mass is 16.4. The van der Waals surface area contributed by atoms with Gasteiger partial charge < -0.3 is 9.67 Å². The summed E-state index contributed by atoms with van der Waals surface area (Å²) in [6.45, 7) is 2.19. The summed E-state index contributed by atoms with van der Waals surface area (Å²) in [7, 11) is 0. The van der Waals surface area contributed by atoms with E-state index in [9.17, 15) is 9.90 Å². The lowest BCUT2D eigenvalue weighted by Crippen LogP contribution is -2.32. The van der Waals surface area contributed by atoms with Crippen molar-refractivity contribution >= 4 is 17.0 Å². The second kappa shape index (κ2) is 5.27. The van der Waals surface area contributed by atoms with Gasteiger partial charge in [-0.2, -0.15) is 0 Å². The quantitative estimate of drug-likeness (QED) is 0.930. The second-order valence-electron chi connectivity index (χ2n) is 5.74. The highest BCUT2D eigenvalue weighted by molar-refractivity contribution is 5.76. The summed E-state index contributed by atoms with van der Waals surface area (Å²) in [5.74, 6) is -0.352. The van der Waals surface area contributed by atoms with Gasteiger partial charge in [0, 0.05) is 6.04 Å². The number of carbonyl (C=O) groups is 1. The Hall–Kier alpha value is -1.84. The number of hydrogen-bond donors (Lipinski definition) is 1. The van der Waals surface area contributed by atoms with Gasteiger partial charge in [0.15, 0.2) is 0 Å².